The van der Waals surface area contributed by atoms with Gasteiger partial charge in [0.2, 0.25) is 5.91 Å². The third-order valence-corrected chi connectivity index (χ3v) is 4.32. The molecule has 0 atom stereocenters. The Kier molecular flexibility index (Phi) is 8.65. The minimum Gasteiger partial charge on any atom is -0.488 e. The summed E-state index contributed by atoms with van der Waals surface area (Å²) < 4.78 is 6.03. The van der Waals surface area contributed by atoms with Gasteiger partial charge in [-0.25, -0.2) is 0 Å². The summed E-state index contributed by atoms with van der Waals surface area (Å²) in [5.41, 5.74) is 1.72. The molecule has 7 nitrogen and oxygen atoms in total. The van der Waals surface area contributed by atoms with Crippen LogP contribution in [0.3, 0.4) is 0 Å². The van der Waals surface area contributed by atoms with E-state index in [1.54, 1.807) is 25.2 Å². The van der Waals surface area contributed by atoms with Gasteiger partial charge >= 0.3 is 0 Å². The molecule has 0 radical (unpaired) electrons. The van der Waals surface area contributed by atoms with Gasteiger partial charge in [0.15, 0.2) is 5.96 Å². The zero-order valence-electron chi connectivity index (χ0n) is 18.6. The molecule has 2 N–H and O–H groups in total. The number of amides is 1. The molecule has 0 saturated carbocycles. The summed E-state index contributed by atoms with van der Waals surface area (Å²) in [4.78, 5) is 22.6. The minimum absolute atomic E-state index is 0.00894. The molecule has 1 amide bonds. The lowest BCUT2D eigenvalue weighted by Gasteiger charge is -2.23. The van der Waals surface area contributed by atoms with Crippen LogP contribution in [0.4, 0.5) is 0 Å². The van der Waals surface area contributed by atoms with Crippen LogP contribution in [0.1, 0.15) is 32.0 Å². The molecule has 2 rings (SSSR count). The zero-order chi connectivity index (χ0) is 22.0. The average molecular weight is 412 g/mol. The summed E-state index contributed by atoms with van der Waals surface area (Å²) in [6, 6.07) is 13.7. The Bertz CT molecular complexity index is 831. The monoisotopic (exact) mass is 411 g/mol. The van der Waals surface area contributed by atoms with Crippen LogP contribution in [-0.4, -0.2) is 54.5 Å². The fourth-order valence-electron chi connectivity index (χ4n) is 2.73. The molecule has 0 aliphatic carbocycles. The predicted octanol–water partition coefficient (Wildman–Crippen LogP) is 2.62. The first kappa shape index (κ1) is 23.2. The molecular formula is C23H33N5O2. The van der Waals surface area contributed by atoms with E-state index in [4.69, 9.17) is 4.74 Å². The van der Waals surface area contributed by atoms with Gasteiger partial charge in [0.25, 0.3) is 0 Å². The summed E-state index contributed by atoms with van der Waals surface area (Å²) in [5.74, 6) is 1.38. The molecule has 162 valence electrons. The van der Waals surface area contributed by atoms with E-state index in [9.17, 15) is 4.79 Å². The van der Waals surface area contributed by atoms with Crippen LogP contribution in [0, 0.1) is 0 Å². The second-order valence-corrected chi connectivity index (χ2v) is 7.99. The van der Waals surface area contributed by atoms with E-state index in [1.165, 1.54) is 0 Å². The molecule has 2 aromatic rings. The number of rotatable bonds is 8. The number of aliphatic imine (C=N–C) groups is 1. The molecule has 1 aromatic carbocycles. The number of nitrogens with one attached hydrogen (secondary N) is 2. The first-order valence-corrected chi connectivity index (χ1v) is 10.1. The maximum absolute atomic E-state index is 12.4. The quantitative estimate of drug-likeness (QED) is 0.516. The summed E-state index contributed by atoms with van der Waals surface area (Å²) in [7, 11) is 3.48. The molecule has 30 heavy (non-hydrogen) atoms. The third-order valence-electron chi connectivity index (χ3n) is 4.32. The molecule has 0 fully saturated rings. The topological polar surface area (TPSA) is 78.9 Å². The Labute approximate surface area is 179 Å². The van der Waals surface area contributed by atoms with E-state index in [2.05, 4.69) is 20.6 Å². The highest BCUT2D eigenvalue weighted by Gasteiger charge is 2.15. The molecule has 1 heterocycles. The van der Waals surface area contributed by atoms with Crippen LogP contribution in [0.2, 0.25) is 0 Å². The van der Waals surface area contributed by atoms with Gasteiger partial charge in [-0.3, -0.25) is 14.8 Å². The number of aromatic nitrogens is 1. The molecule has 1 aromatic heterocycles. The van der Waals surface area contributed by atoms with Crippen molar-refractivity contribution < 1.29 is 9.53 Å². The summed E-state index contributed by atoms with van der Waals surface area (Å²) >= 11 is 0. The number of para-hydroxylation sites is 1. The fraction of sp³-hybridized carbons (Fsp3) is 0.435. The number of likely N-dealkylation sites (N-methyl/N-ethyl adjacent to an activating group) is 1. The van der Waals surface area contributed by atoms with Crippen LogP contribution in [0.25, 0.3) is 0 Å². The fourth-order valence-corrected chi connectivity index (χ4v) is 2.73. The van der Waals surface area contributed by atoms with Gasteiger partial charge in [-0.15, -0.1) is 0 Å². The number of hydrogen-bond acceptors (Lipinski definition) is 4. The summed E-state index contributed by atoms with van der Waals surface area (Å²) in [6.45, 7) is 7.38. The number of carbonyl (C=O) groups is 1. The number of ether oxygens (including phenoxy) is 1. The number of carbonyl (C=O) groups excluding carboxylic acids is 1. The van der Waals surface area contributed by atoms with Gasteiger partial charge in [-0.2, -0.15) is 0 Å². The Morgan fingerprint density at radius 2 is 1.87 bits per heavy atom. The van der Waals surface area contributed by atoms with Gasteiger partial charge in [0.1, 0.15) is 11.4 Å². The van der Waals surface area contributed by atoms with E-state index in [1.807, 2.05) is 63.2 Å². The third kappa shape index (κ3) is 8.11. The Morgan fingerprint density at radius 3 is 2.53 bits per heavy atom. The maximum atomic E-state index is 12.4. The molecule has 0 bridgehead atoms. The zero-order valence-corrected chi connectivity index (χ0v) is 18.6. The average Bonchev–Trinajstić information content (AvgIpc) is 2.72. The summed E-state index contributed by atoms with van der Waals surface area (Å²) in [5, 5.41) is 6.32. The van der Waals surface area contributed by atoms with Crippen LogP contribution in [0.15, 0.2) is 53.7 Å². The van der Waals surface area contributed by atoms with Crippen LogP contribution >= 0.6 is 0 Å². The Hall–Kier alpha value is -3.09. The molecule has 0 saturated heterocycles. The van der Waals surface area contributed by atoms with Gasteiger partial charge in [0, 0.05) is 51.1 Å². The first-order valence-electron chi connectivity index (χ1n) is 10.1. The number of guanidine groups is 1. The van der Waals surface area contributed by atoms with Crippen LogP contribution in [0.5, 0.6) is 5.75 Å². The van der Waals surface area contributed by atoms with Gasteiger partial charge in [-0.05, 0) is 39.0 Å². The smallest absolute Gasteiger partial charge is 0.241 e. The van der Waals surface area contributed by atoms with Crippen LogP contribution < -0.4 is 15.4 Å². The minimum atomic E-state index is -0.275. The largest absolute Gasteiger partial charge is 0.488 e. The molecule has 0 spiro atoms. The van der Waals surface area contributed by atoms with Crippen molar-refractivity contribution in [3.63, 3.8) is 0 Å². The predicted molar refractivity (Wildman–Crippen MR) is 121 cm³/mol. The van der Waals surface area contributed by atoms with Crippen LogP contribution in [-0.2, 0) is 17.8 Å². The van der Waals surface area contributed by atoms with Crippen molar-refractivity contribution in [2.24, 2.45) is 4.99 Å². The number of nitrogens with zero attached hydrogens (tertiary/aromatic N) is 3. The van der Waals surface area contributed by atoms with E-state index in [-0.39, 0.29) is 18.1 Å². The highest BCUT2D eigenvalue weighted by atomic mass is 16.5. The van der Waals surface area contributed by atoms with Crippen molar-refractivity contribution in [1.82, 2.24) is 20.5 Å². The second kappa shape index (κ2) is 11.2. The van der Waals surface area contributed by atoms with Crippen molar-refractivity contribution in [2.75, 3.05) is 27.2 Å². The lowest BCUT2D eigenvalue weighted by molar-refractivity contribution is -0.128. The number of benzene rings is 1. The van der Waals surface area contributed by atoms with E-state index in [0.29, 0.717) is 19.0 Å². The van der Waals surface area contributed by atoms with Crippen molar-refractivity contribution >= 4 is 11.9 Å². The Morgan fingerprint density at radius 1 is 1.13 bits per heavy atom. The first-order chi connectivity index (χ1) is 14.3. The number of pyridine rings is 1. The van der Waals surface area contributed by atoms with Crippen molar-refractivity contribution in [3.05, 3.63) is 59.9 Å². The second-order valence-electron chi connectivity index (χ2n) is 7.99. The van der Waals surface area contributed by atoms with Crippen molar-refractivity contribution in [3.8, 4) is 5.75 Å². The lowest BCUT2D eigenvalue weighted by Crippen LogP contribution is -2.43. The lowest BCUT2D eigenvalue weighted by atomic mass is 10.1. The normalized spacial score (nSPS) is 11.7. The number of hydrogen-bond donors (Lipinski definition) is 2. The maximum Gasteiger partial charge on any atom is 0.241 e. The molecule has 0 unspecified atom stereocenters. The molecule has 0 aliphatic heterocycles. The van der Waals surface area contributed by atoms with E-state index < -0.39 is 0 Å². The van der Waals surface area contributed by atoms with Gasteiger partial charge in [0.05, 0.1) is 6.54 Å². The van der Waals surface area contributed by atoms with Gasteiger partial charge in [-0.1, -0.05) is 24.3 Å². The van der Waals surface area contributed by atoms with Crippen molar-refractivity contribution in [1.29, 1.82) is 0 Å². The van der Waals surface area contributed by atoms with E-state index >= 15 is 0 Å². The highest BCUT2D eigenvalue weighted by Crippen LogP contribution is 2.22. The van der Waals surface area contributed by atoms with E-state index in [0.717, 1.165) is 23.4 Å². The molecule has 0 aliphatic rings. The van der Waals surface area contributed by atoms with Crippen molar-refractivity contribution in [2.45, 2.75) is 39.3 Å². The Balaban J connectivity index is 1.81. The molecular weight excluding hydrogens is 378 g/mol. The SMILES string of the molecule is CN=C(NCC(=O)N(C)CCc1ccccn1)NCc1ccccc1OC(C)(C)C. The standard InChI is InChI=1S/C23H33N5O2/c1-23(2,3)30-20-12-7-6-10-18(20)16-26-22(24-4)27-17-21(29)28(5)15-13-19-11-8-9-14-25-19/h6-12,14H,13,15-17H2,1-5H3,(H2,24,26,27). The molecule has 7 heteroatoms. The van der Waals surface area contributed by atoms with Gasteiger partial charge < -0.3 is 20.3 Å². The summed E-state index contributed by atoms with van der Waals surface area (Å²) in [6.07, 6.45) is 2.49. The highest BCUT2D eigenvalue weighted by molar-refractivity contribution is 5.86.